The topological polar surface area (TPSA) is 47.3 Å². The van der Waals surface area contributed by atoms with Gasteiger partial charge >= 0.3 is 0 Å². The van der Waals surface area contributed by atoms with Gasteiger partial charge in [-0.15, -0.1) is 0 Å². The van der Waals surface area contributed by atoms with Crippen molar-refractivity contribution in [1.82, 2.24) is 9.78 Å². The summed E-state index contributed by atoms with van der Waals surface area (Å²) in [5.74, 6) is 0.681. The molecule has 1 saturated carbocycles. The predicted octanol–water partition coefficient (Wildman–Crippen LogP) is 1.83. The van der Waals surface area contributed by atoms with Gasteiger partial charge < -0.3 is 9.84 Å². The van der Waals surface area contributed by atoms with Crippen LogP contribution in [0.5, 0.6) is 5.75 Å². The molecule has 0 bridgehead atoms. The first-order valence-electron chi connectivity index (χ1n) is 5.71. The van der Waals surface area contributed by atoms with Crippen LogP contribution in [0.1, 0.15) is 38.8 Å². The van der Waals surface area contributed by atoms with Gasteiger partial charge in [-0.2, -0.15) is 5.10 Å². The molecule has 0 amide bonds. The zero-order valence-electron chi connectivity index (χ0n) is 10.4. The quantitative estimate of drug-likeness (QED) is 0.833. The molecule has 1 aromatic rings. The Kier molecular flexibility index (Phi) is 2.49. The average Bonchev–Trinajstić information content (AvgIpc) is 2.69. The lowest BCUT2D eigenvalue weighted by Crippen LogP contribution is -2.39. The molecule has 1 heterocycles. The Balaban J connectivity index is 2.54. The zero-order chi connectivity index (χ0) is 12.0. The summed E-state index contributed by atoms with van der Waals surface area (Å²) in [7, 11) is 3.47. The van der Waals surface area contributed by atoms with Crippen molar-refractivity contribution in [3.63, 3.8) is 0 Å². The van der Waals surface area contributed by atoms with Crippen LogP contribution in [-0.4, -0.2) is 22.0 Å². The largest absolute Gasteiger partial charge is 0.493 e. The molecule has 1 N–H and O–H groups in total. The van der Waals surface area contributed by atoms with Crippen LogP contribution in [0.25, 0.3) is 0 Å². The fourth-order valence-electron chi connectivity index (χ4n) is 2.81. The van der Waals surface area contributed by atoms with Gasteiger partial charge in [0.15, 0.2) is 5.75 Å². The van der Waals surface area contributed by atoms with Crippen LogP contribution in [0, 0.1) is 5.41 Å². The van der Waals surface area contributed by atoms with Crippen LogP contribution >= 0.6 is 0 Å². The van der Waals surface area contributed by atoms with E-state index in [1.165, 1.54) is 0 Å². The van der Waals surface area contributed by atoms with Gasteiger partial charge in [-0.3, -0.25) is 4.68 Å². The highest BCUT2D eigenvalue weighted by molar-refractivity contribution is 5.33. The van der Waals surface area contributed by atoms with Gasteiger partial charge in [0.05, 0.1) is 13.3 Å². The first kappa shape index (κ1) is 11.5. The third kappa shape index (κ3) is 1.36. The van der Waals surface area contributed by atoms with E-state index in [1.807, 2.05) is 7.05 Å². The average molecular weight is 224 g/mol. The lowest BCUT2D eigenvalue weighted by atomic mass is 9.75. The minimum Gasteiger partial charge on any atom is -0.493 e. The van der Waals surface area contributed by atoms with Gasteiger partial charge in [0, 0.05) is 7.05 Å². The normalized spacial score (nSPS) is 28.3. The van der Waals surface area contributed by atoms with Crippen molar-refractivity contribution in [2.24, 2.45) is 12.5 Å². The van der Waals surface area contributed by atoms with E-state index in [0.29, 0.717) is 5.75 Å². The molecule has 0 aliphatic heterocycles. The number of hydrogen-bond donors (Lipinski definition) is 1. The first-order valence-corrected chi connectivity index (χ1v) is 5.71. The van der Waals surface area contributed by atoms with Gasteiger partial charge in [-0.25, -0.2) is 0 Å². The van der Waals surface area contributed by atoms with Crippen LogP contribution in [0.3, 0.4) is 0 Å². The number of hydrogen-bond acceptors (Lipinski definition) is 3. The maximum Gasteiger partial charge on any atom is 0.162 e. The number of aliphatic hydroxyl groups is 1. The molecule has 1 atom stereocenters. The van der Waals surface area contributed by atoms with Crippen LogP contribution in [0.2, 0.25) is 0 Å². The van der Waals surface area contributed by atoms with Crippen molar-refractivity contribution in [3.8, 4) is 5.75 Å². The van der Waals surface area contributed by atoms with Crippen molar-refractivity contribution in [2.45, 2.75) is 38.7 Å². The molecule has 0 radical (unpaired) electrons. The second-order valence-electron chi connectivity index (χ2n) is 5.28. The Morgan fingerprint density at radius 2 is 2.12 bits per heavy atom. The highest BCUT2D eigenvalue weighted by Gasteiger charge is 2.51. The van der Waals surface area contributed by atoms with Crippen molar-refractivity contribution in [1.29, 1.82) is 0 Å². The Bertz CT molecular complexity index is 398. The van der Waals surface area contributed by atoms with E-state index in [1.54, 1.807) is 18.0 Å². The van der Waals surface area contributed by atoms with Crippen molar-refractivity contribution in [2.75, 3.05) is 7.11 Å². The Morgan fingerprint density at radius 3 is 2.62 bits per heavy atom. The second-order valence-corrected chi connectivity index (χ2v) is 5.28. The highest BCUT2D eigenvalue weighted by Crippen LogP contribution is 2.53. The molecule has 1 unspecified atom stereocenters. The van der Waals surface area contributed by atoms with Crippen molar-refractivity contribution >= 4 is 0 Å². The van der Waals surface area contributed by atoms with E-state index < -0.39 is 5.60 Å². The maximum atomic E-state index is 10.9. The monoisotopic (exact) mass is 224 g/mol. The zero-order valence-corrected chi connectivity index (χ0v) is 10.4. The molecule has 90 valence electrons. The Labute approximate surface area is 96.2 Å². The van der Waals surface area contributed by atoms with Crippen molar-refractivity contribution < 1.29 is 9.84 Å². The Morgan fingerprint density at radius 1 is 1.44 bits per heavy atom. The molecule has 0 spiro atoms. The fraction of sp³-hybridized carbons (Fsp3) is 0.750. The fourth-order valence-corrected chi connectivity index (χ4v) is 2.81. The van der Waals surface area contributed by atoms with Crippen LogP contribution in [0.4, 0.5) is 0 Å². The van der Waals surface area contributed by atoms with E-state index in [9.17, 15) is 5.11 Å². The third-order valence-electron chi connectivity index (χ3n) is 3.98. The van der Waals surface area contributed by atoms with E-state index in [0.717, 1.165) is 25.0 Å². The lowest BCUT2D eigenvalue weighted by Gasteiger charge is -2.37. The number of rotatable bonds is 2. The summed E-state index contributed by atoms with van der Waals surface area (Å²) < 4.78 is 7.02. The van der Waals surface area contributed by atoms with E-state index in [2.05, 4.69) is 18.9 Å². The summed E-state index contributed by atoms with van der Waals surface area (Å²) in [6, 6.07) is 0. The number of aromatic nitrogens is 2. The standard InChI is InChI=1S/C12H20N2O2/c1-11(2)6-5-7-12(11,15)10-9(16-4)8-13-14(10)3/h8,15H,5-7H2,1-4H3. The van der Waals surface area contributed by atoms with Gasteiger partial charge in [0.1, 0.15) is 11.3 Å². The SMILES string of the molecule is COc1cnn(C)c1C1(O)CCCC1(C)C. The van der Waals surface area contributed by atoms with Crippen LogP contribution in [0.15, 0.2) is 6.20 Å². The first-order chi connectivity index (χ1) is 7.42. The molecule has 1 aliphatic rings. The smallest absolute Gasteiger partial charge is 0.162 e. The van der Waals surface area contributed by atoms with Gasteiger partial charge in [0.2, 0.25) is 0 Å². The molecule has 4 heteroatoms. The number of nitrogens with zero attached hydrogens (tertiary/aromatic N) is 2. The van der Waals surface area contributed by atoms with Crippen molar-refractivity contribution in [3.05, 3.63) is 11.9 Å². The molecule has 1 aromatic heterocycles. The van der Waals surface area contributed by atoms with Gasteiger partial charge in [-0.05, 0) is 24.7 Å². The second kappa shape index (κ2) is 3.48. The Hall–Kier alpha value is -1.03. The van der Waals surface area contributed by atoms with E-state index >= 15 is 0 Å². The van der Waals surface area contributed by atoms with Gasteiger partial charge in [0.25, 0.3) is 0 Å². The van der Waals surface area contributed by atoms with Crippen LogP contribution in [-0.2, 0) is 12.6 Å². The molecule has 0 aromatic carbocycles. The van der Waals surface area contributed by atoms with Crippen LogP contribution < -0.4 is 4.74 Å². The lowest BCUT2D eigenvalue weighted by molar-refractivity contribution is -0.0566. The predicted molar refractivity (Wildman–Crippen MR) is 61.3 cm³/mol. The minimum atomic E-state index is -0.830. The molecular formula is C12H20N2O2. The molecule has 1 aliphatic carbocycles. The summed E-state index contributed by atoms with van der Waals surface area (Å²) in [4.78, 5) is 0. The summed E-state index contributed by atoms with van der Waals surface area (Å²) in [5, 5.41) is 15.1. The summed E-state index contributed by atoms with van der Waals surface area (Å²) in [6.45, 7) is 4.21. The summed E-state index contributed by atoms with van der Waals surface area (Å²) in [5.41, 5.74) is -0.157. The highest BCUT2D eigenvalue weighted by atomic mass is 16.5. The minimum absolute atomic E-state index is 0.131. The summed E-state index contributed by atoms with van der Waals surface area (Å²) >= 11 is 0. The van der Waals surface area contributed by atoms with E-state index in [-0.39, 0.29) is 5.41 Å². The molecule has 2 rings (SSSR count). The third-order valence-corrected chi connectivity index (χ3v) is 3.98. The summed E-state index contributed by atoms with van der Waals surface area (Å²) in [6.07, 6.45) is 4.51. The van der Waals surface area contributed by atoms with Gasteiger partial charge in [-0.1, -0.05) is 13.8 Å². The number of aryl methyl sites for hydroxylation is 1. The maximum absolute atomic E-state index is 10.9. The molecule has 16 heavy (non-hydrogen) atoms. The van der Waals surface area contributed by atoms with E-state index in [4.69, 9.17) is 4.74 Å². The molecule has 4 nitrogen and oxygen atoms in total. The molecule has 1 fully saturated rings. The molecule has 0 saturated heterocycles. The molecular weight excluding hydrogens is 204 g/mol. The number of methoxy groups -OCH3 is 1. The number of ether oxygens (including phenoxy) is 1.